The second-order valence-corrected chi connectivity index (χ2v) is 9.56. The molecule has 0 saturated carbocycles. The summed E-state index contributed by atoms with van der Waals surface area (Å²) in [4.78, 5) is 17.5. The van der Waals surface area contributed by atoms with Crippen LogP contribution in [0.25, 0.3) is 33.3 Å². The lowest BCUT2D eigenvalue weighted by Crippen LogP contribution is -2.42. The van der Waals surface area contributed by atoms with E-state index < -0.39 is 12.6 Å². The average molecular weight is 542 g/mol. The van der Waals surface area contributed by atoms with Crippen molar-refractivity contribution in [2.24, 2.45) is 0 Å². The minimum atomic E-state index is -4.42. The molecule has 2 amide bonds. The van der Waals surface area contributed by atoms with Crippen molar-refractivity contribution in [3.8, 4) is 33.9 Å². The van der Waals surface area contributed by atoms with Crippen molar-refractivity contribution in [3.63, 3.8) is 0 Å². The smallest absolute Gasteiger partial charge is 0.393 e. The number of aromatic nitrogens is 1. The van der Waals surface area contributed by atoms with Crippen LogP contribution in [0.15, 0.2) is 53.1 Å². The van der Waals surface area contributed by atoms with Crippen LogP contribution in [0.4, 0.5) is 18.0 Å². The number of nitrogens with zero attached hydrogens (tertiary/aromatic N) is 1. The van der Waals surface area contributed by atoms with Crippen molar-refractivity contribution in [1.82, 2.24) is 15.2 Å². The highest BCUT2D eigenvalue weighted by Crippen LogP contribution is 2.40. The lowest BCUT2D eigenvalue weighted by molar-refractivity contribution is -0.126. The van der Waals surface area contributed by atoms with Crippen LogP contribution in [0.2, 0.25) is 0 Å². The highest BCUT2D eigenvalue weighted by molar-refractivity contribution is 5.94. The average Bonchev–Trinajstić information content (AvgIpc) is 3.55. The van der Waals surface area contributed by atoms with Crippen LogP contribution in [0, 0.1) is 0 Å². The molecule has 10 heteroatoms. The van der Waals surface area contributed by atoms with Gasteiger partial charge in [-0.2, -0.15) is 13.2 Å². The number of piperidine rings is 1. The number of rotatable bonds is 7. The molecule has 5 rings (SSSR count). The molecule has 3 heterocycles. The summed E-state index contributed by atoms with van der Waals surface area (Å²) in [6.07, 6.45) is -0.911. The molecule has 7 nitrogen and oxygen atoms in total. The van der Waals surface area contributed by atoms with Crippen molar-refractivity contribution in [2.75, 3.05) is 27.3 Å². The molecule has 1 aliphatic heterocycles. The van der Waals surface area contributed by atoms with Gasteiger partial charge in [0.2, 0.25) is 0 Å². The van der Waals surface area contributed by atoms with Crippen molar-refractivity contribution in [2.45, 2.75) is 38.4 Å². The van der Waals surface area contributed by atoms with E-state index in [9.17, 15) is 18.0 Å². The van der Waals surface area contributed by atoms with E-state index in [1.165, 1.54) is 20.5 Å². The van der Waals surface area contributed by atoms with E-state index in [1.807, 2.05) is 6.07 Å². The number of alkyl halides is 3. The van der Waals surface area contributed by atoms with Gasteiger partial charge in [-0.15, -0.1) is 0 Å². The molecule has 0 radical (unpaired) electrons. The lowest BCUT2D eigenvalue weighted by Gasteiger charge is -2.26. The number of hydrogen-bond acceptors (Lipinski definition) is 4. The molecule has 0 aliphatic carbocycles. The van der Waals surface area contributed by atoms with E-state index in [0.29, 0.717) is 50.5 Å². The Kier molecular flexibility index (Phi) is 7.45. The summed E-state index contributed by atoms with van der Waals surface area (Å²) in [6.45, 7) is 1.63. The maximum Gasteiger partial charge on any atom is 0.393 e. The van der Waals surface area contributed by atoms with Gasteiger partial charge in [0.1, 0.15) is 5.76 Å². The molecule has 1 fully saturated rings. The third-order valence-electron chi connectivity index (χ3n) is 7.06. The molecule has 1 saturated heterocycles. The summed E-state index contributed by atoms with van der Waals surface area (Å²) in [6, 6.07) is 12.0. The topological polar surface area (TPSA) is 79.7 Å². The Morgan fingerprint density at radius 3 is 2.46 bits per heavy atom. The summed E-state index contributed by atoms with van der Waals surface area (Å²) in [5.74, 6) is 1.44. The van der Waals surface area contributed by atoms with E-state index >= 15 is 0 Å². The van der Waals surface area contributed by atoms with Gasteiger partial charge in [0, 0.05) is 35.1 Å². The molecular formula is C29H30F3N3O4. The predicted octanol–water partition coefficient (Wildman–Crippen LogP) is 6.91. The normalized spacial score (nSPS) is 14.0. The summed E-state index contributed by atoms with van der Waals surface area (Å²) in [5.41, 5.74) is 3.03. The first-order chi connectivity index (χ1) is 18.8. The van der Waals surface area contributed by atoms with Crippen molar-refractivity contribution < 1.29 is 31.9 Å². The maximum atomic E-state index is 13.8. The van der Waals surface area contributed by atoms with E-state index in [2.05, 4.69) is 10.3 Å². The minimum Gasteiger partial charge on any atom is -0.493 e. The Labute approximate surface area is 223 Å². The molecule has 0 unspecified atom stereocenters. The van der Waals surface area contributed by atoms with Crippen LogP contribution in [-0.2, 0) is 13.0 Å². The van der Waals surface area contributed by atoms with E-state index in [4.69, 9.17) is 13.9 Å². The first-order valence-corrected chi connectivity index (χ1v) is 12.8. The summed E-state index contributed by atoms with van der Waals surface area (Å²) in [7, 11) is 2.98. The number of carbonyl (C=O) groups excluding carboxylic acids is 1. The fourth-order valence-electron chi connectivity index (χ4n) is 5.14. The Hall–Kier alpha value is -4.08. The van der Waals surface area contributed by atoms with Crippen molar-refractivity contribution >= 4 is 16.9 Å². The van der Waals surface area contributed by atoms with E-state index in [0.717, 1.165) is 32.4 Å². The van der Waals surface area contributed by atoms with Gasteiger partial charge < -0.3 is 29.1 Å². The monoisotopic (exact) mass is 541 g/mol. The lowest BCUT2D eigenvalue weighted by atomic mass is 9.98. The number of fused-ring (bicyclic) bond motifs is 1. The number of likely N-dealkylation sites (tertiary alicyclic amines) is 1. The molecule has 2 N–H and O–H groups in total. The number of H-pyrrole nitrogens is 1. The molecule has 0 spiro atoms. The molecule has 39 heavy (non-hydrogen) atoms. The van der Waals surface area contributed by atoms with Crippen LogP contribution in [0.5, 0.6) is 11.5 Å². The Morgan fingerprint density at radius 1 is 1.00 bits per heavy atom. The first-order valence-electron chi connectivity index (χ1n) is 12.8. The summed E-state index contributed by atoms with van der Waals surface area (Å²) < 4.78 is 57.6. The van der Waals surface area contributed by atoms with Gasteiger partial charge in [0.25, 0.3) is 0 Å². The summed E-state index contributed by atoms with van der Waals surface area (Å²) in [5, 5.41) is 3.36. The zero-order chi connectivity index (χ0) is 27.6. The van der Waals surface area contributed by atoms with Crippen LogP contribution >= 0.6 is 0 Å². The molecule has 4 aromatic rings. The first kappa shape index (κ1) is 26.5. The van der Waals surface area contributed by atoms with Gasteiger partial charge in [-0.3, -0.25) is 0 Å². The number of urea groups is 1. The predicted molar refractivity (Wildman–Crippen MR) is 142 cm³/mol. The number of ether oxygens (including phenoxy) is 2. The second-order valence-electron chi connectivity index (χ2n) is 9.56. The minimum absolute atomic E-state index is 0.134. The fraction of sp³-hybridized carbons (Fsp3) is 0.345. The Morgan fingerprint density at radius 2 is 1.74 bits per heavy atom. The molecular weight excluding hydrogens is 511 g/mol. The zero-order valence-corrected chi connectivity index (χ0v) is 21.8. The Balaban J connectivity index is 1.50. The van der Waals surface area contributed by atoms with Crippen LogP contribution in [0.1, 0.15) is 30.6 Å². The maximum absolute atomic E-state index is 13.8. The molecule has 2 aromatic heterocycles. The van der Waals surface area contributed by atoms with Crippen molar-refractivity contribution in [1.29, 1.82) is 0 Å². The molecule has 206 valence electrons. The van der Waals surface area contributed by atoms with Gasteiger partial charge >= 0.3 is 12.2 Å². The van der Waals surface area contributed by atoms with Crippen LogP contribution in [-0.4, -0.2) is 49.4 Å². The van der Waals surface area contributed by atoms with Gasteiger partial charge in [-0.1, -0.05) is 6.07 Å². The van der Waals surface area contributed by atoms with Gasteiger partial charge in [-0.25, -0.2) is 4.79 Å². The molecule has 1 aliphatic rings. The number of hydrogen-bond donors (Lipinski definition) is 2. The SMILES string of the molecule is COc1ccc(-c2[nH]c3ccc(-c4ccoc4CNC(=O)N4CCCCC4)cc3c2CC(F)(F)F)cc1OC. The zero-order valence-electron chi connectivity index (χ0n) is 21.8. The van der Waals surface area contributed by atoms with Crippen LogP contribution < -0.4 is 14.8 Å². The van der Waals surface area contributed by atoms with Crippen molar-refractivity contribution in [3.05, 3.63) is 60.1 Å². The highest BCUT2D eigenvalue weighted by Gasteiger charge is 2.31. The number of aromatic amines is 1. The number of amides is 2. The standard InChI is InChI=1S/C29H30F3N3O4/c1-37-24-9-7-19(15-25(24)38-2)27-22(16-29(30,31)32)21-14-18(6-8-23(21)34-27)20-10-13-39-26(20)17-33-28(36)35-11-4-3-5-12-35/h6-10,13-15,34H,3-5,11-12,16-17H2,1-2H3,(H,33,36). The number of nitrogens with one attached hydrogen (secondary N) is 2. The quantitative estimate of drug-likeness (QED) is 0.266. The number of methoxy groups -OCH3 is 2. The number of halogens is 3. The number of furan rings is 1. The number of benzene rings is 2. The third-order valence-corrected chi connectivity index (χ3v) is 7.06. The van der Waals surface area contributed by atoms with E-state index in [-0.39, 0.29) is 18.1 Å². The molecule has 0 bridgehead atoms. The largest absolute Gasteiger partial charge is 0.493 e. The third kappa shape index (κ3) is 5.69. The number of carbonyl (C=O) groups is 1. The van der Waals surface area contributed by atoms with Gasteiger partial charge in [0.05, 0.1) is 39.1 Å². The molecule has 0 atom stereocenters. The molecule has 2 aromatic carbocycles. The fourth-order valence-corrected chi connectivity index (χ4v) is 5.14. The van der Waals surface area contributed by atoms with E-state index in [1.54, 1.807) is 41.3 Å². The Bertz CT molecular complexity index is 1470. The van der Waals surface area contributed by atoms with Gasteiger partial charge in [0.15, 0.2) is 11.5 Å². The second kappa shape index (κ2) is 11.0. The summed E-state index contributed by atoms with van der Waals surface area (Å²) >= 11 is 0. The highest BCUT2D eigenvalue weighted by atomic mass is 19.4. The van der Waals surface area contributed by atoms with Crippen LogP contribution in [0.3, 0.4) is 0 Å². The van der Waals surface area contributed by atoms with Gasteiger partial charge in [-0.05, 0) is 66.8 Å².